The third-order valence-electron chi connectivity index (χ3n) is 4.04. The molecular formula is C21H30N4O3. The fourth-order valence-electron chi connectivity index (χ4n) is 2.68. The van der Waals surface area contributed by atoms with Crippen LogP contribution in [0.2, 0.25) is 0 Å². The maximum absolute atomic E-state index is 5.69. The number of aromatic nitrogens is 1. The van der Waals surface area contributed by atoms with Crippen LogP contribution in [0.4, 0.5) is 0 Å². The van der Waals surface area contributed by atoms with E-state index in [4.69, 9.17) is 14.2 Å². The van der Waals surface area contributed by atoms with Crippen LogP contribution in [-0.4, -0.2) is 56.9 Å². The number of pyridine rings is 1. The molecule has 0 aliphatic carbocycles. The van der Waals surface area contributed by atoms with Gasteiger partial charge in [0.05, 0.1) is 13.2 Å². The maximum atomic E-state index is 5.69. The van der Waals surface area contributed by atoms with Crippen LogP contribution in [0.15, 0.2) is 47.6 Å². The Morgan fingerprint density at radius 1 is 1.14 bits per heavy atom. The summed E-state index contributed by atoms with van der Waals surface area (Å²) in [4.78, 5) is 10.8. The van der Waals surface area contributed by atoms with Crippen LogP contribution < -0.4 is 14.8 Å². The molecule has 0 atom stereocenters. The summed E-state index contributed by atoms with van der Waals surface area (Å²) in [6.45, 7) is 4.94. The van der Waals surface area contributed by atoms with Gasteiger partial charge in [-0.15, -0.1) is 0 Å². The van der Waals surface area contributed by atoms with Gasteiger partial charge in [-0.2, -0.15) is 0 Å². The molecule has 0 unspecified atom stereocenters. The Morgan fingerprint density at radius 2 is 1.93 bits per heavy atom. The van der Waals surface area contributed by atoms with E-state index in [1.54, 1.807) is 20.4 Å². The number of rotatable bonds is 10. The molecule has 1 N–H and O–H groups in total. The van der Waals surface area contributed by atoms with E-state index in [1.165, 1.54) is 5.56 Å². The van der Waals surface area contributed by atoms with Crippen molar-refractivity contribution in [2.75, 3.05) is 41.0 Å². The fraction of sp³-hybridized carbons (Fsp3) is 0.429. The molecule has 152 valence electrons. The molecule has 0 spiro atoms. The van der Waals surface area contributed by atoms with Crippen molar-refractivity contribution in [3.05, 3.63) is 53.7 Å². The van der Waals surface area contributed by atoms with Gasteiger partial charge in [-0.1, -0.05) is 18.2 Å². The molecule has 2 aromatic rings. The minimum Gasteiger partial charge on any atom is -0.494 e. The first-order chi connectivity index (χ1) is 13.7. The minimum absolute atomic E-state index is 0.465. The quantitative estimate of drug-likeness (QED) is 0.385. The van der Waals surface area contributed by atoms with E-state index in [0.717, 1.165) is 23.8 Å². The molecule has 0 saturated heterocycles. The normalized spacial score (nSPS) is 11.2. The average Bonchev–Trinajstić information content (AvgIpc) is 2.71. The lowest BCUT2D eigenvalue weighted by molar-refractivity contribution is 0.143. The Morgan fingerprint density at radius 3 is 2.61 bits per heavy atom. The number of methoxy groups -OCH3 is 1. The van der Waals surface area contributed by atoms with Gasteiger partial charge < -0.3 is 24.4 Å². The summed E-state index contributed by atoms with van der Waals surface area (Å²) in [6.07, 6.45) is 1.72. The summed E-state index contributed by atoms with van der Waals surface area (Å²) >= 11 is 0. The Kier molecular flexibility index (Phi) is 9.07. The topological polar surface area (TPSA) is 68.2 Å². The predicted molar refractivity (Wildman–Crippen MR) is 111 cm³/mol. The Hall–Kier alpha value is -2.80. The third kappa shape index (κ3) is 6.74. The van der Waals surface area contributed by atoms with Gasteiger partial charge >= 0.3 is 0 Å². The van der Waals surface area contributed by atoms with Crippen LogP contribution in [0.3, 0.4) is 0 Å². The lowest BCUT2D eigenvalue weighted by Crippen LogP contribution is -2.38. The van der Waals surface area contributed by atoms with Crippen LogP contribution in [0.5, 0.6) is 11.6 Å². The zero-order valence-electron chi connectivity index (χ0n) is 17.1. The van der Waals surface area contributed by atoms with E-state index >= 15 is 0 Å². The van der Waals surface area contributed by atoms with Crippen molar-refractivity contribution in [1.29, 1.82) is 0 Å². The molecular weight excluding hydrogens is 356 g/mol. The maximum Gasteiger partial charge on any atom is 0.218 e. The van der Waals surface area contributed by atoms with Crippen molar-refractivity contribution in [2.45, 2.75) is 20.0 Å². The van der Waals surface area contributed by atoms with Crippen LogP contribution in [0, 0.1) is 0 Å². The number of guanidine groups is 1. The van der Waals surface area contributed by atoms with Gasteiger partial charge in [0.2, 0.25) is 5.88 Å². The van der Waals surface area contributed by atoms with Crippen molar-refractivity contribution in [1.82, 2.24) is 15.2 Å². The zero-order chi connectivity index (χ0) is 20.2. The second-order valence-corrected chi connectivity index (χ2v) is 6.14. The monoisotopic (exact) mass is 386 g/mol. The molecule has 0 aliphatic rings. The van der Waals surface area contributed by atoms with Crippen molar-refractivity contribution in [3.8, 4) is 11.6 Å². The predicted octanol–water partition coefficient (Wildman–Crippen LogP) is 2.71. The molecule has 0 fully saturated rings. The van der Waals surface area contributed by atoms with Crippen molar-refractivity contribution < 1.29 is 14.2 Å². The summed E-state index contributed by atoms with van der Waals surface area (Å²) in [6, 6.07) is 12.0. The summed E-state index contributed by atoms with van der Waals surface area (Å²) in [7, 11) is 5.43. The van der Waals surface area contributed by atoms with Crippen molar-refractivity contribution in [2.24, 2.45) is 4.99 Å². The summed E-state index contributed by atoms with van der Waals surface area (Å²) in [5, 5.41) is 3.37. The Bertz CT molecular complexity index is 735. The lowest BCUT2D eigenvalue weighted by Gasteiger charge is -2.22. The van der Waals surface area contributed by atoms with Gasteiger partial charge in [0.15, 0.2) is 5.96 Å². The highest BCUT2D eigenvalue weighted by Gasteiger charge is 2.10. The highest BCUT2D eigenvalue weighted by Crippen LogP contribution is 2.15. The van der Waals surface area contributed by atoms with Crippen LogP contribution >= 0.6 is 0 Å². The van der Waals surface area contributed by atoms with Gasteiger partial charge in [0.1, 0.15) is 12.4 Å². The molecule has 0 aliphatic heterocycles. The first kappa shape index (κ1) is 21.5. The minimum atomic E-state index is 0.465. The van der Waals surface area contributed by atoms with E-state index in [-0.39, 0.29) is 0 Å². The first-order valence-electron chi connectivity index (χ1n) is 9.37. The molecule has 0 bridgehead atoms. The van der Waals surface area contributed by atoms with Crippen LogP contribution in [0.25, 0.3) is 0 Å². The highest BCUT2D eigenvalue weighted by molar-refractivity contribution is 5.79. The van der Waals surface area contributed by atoms with Crippen molar-refractivity contribution in [3.63, 3.8) is 0 Å². The van der Waals surface area contributed by atoms with Gasteiger partial charge in [-0.3, -0.25) is 4.99 Å². The van der Waals surface area contributed by atoms with Gasteiger partial charge in [-0.25, -0.2) is 4.98 Å². The lowest BCUT2D eigenvalue weighted by atomic mass is 10.2. The number of benzene rings is 1. The molecule has 0 radical (unpaired) electrons. The fourth-order valence-corrected chi connectivity index (χ4v) is 2.68. The highest BCUT2D eigenvalue weighted by atomic mass is 16.5. The van der Waals surface area contributed by atoms with E-state index in [2.05, 4.69) is 32.3 Å². The van der Waals surface area contributed by atoms with E-state index in [0.29, 0.717) is 32.2 Å². The molecule has 2 rings (SSSR count). The Balaban J connectivity index is 1.93. The SMILES string of the molecule is CCOc1ccc(CN(C)C(=NC)NCc2cccnc2OCCOC)cc1. The molecule has 1 aromatic carbocycles. The first-order valence-corrected chi connectivity index (χ1v) is 9.37. The molecule has 1 aromatic heterocycles. The second-order valence-electron chi connectivity index (χ2n) is 6.14. The number of nitrogens with zero attached hydrogens (tertiary/aromatic N) is 3. The average molecular weight is 386 g/mol. The number of aliphatic imine (C=N–C) groups is 1. The standard InChI is InChI=1S/C21H30N4O3/c1-5-27-19-10-8-17(9-11-19)16-25(3)21(22-2)24-15-18-7-6-12-23-20(18)28-14-13-26-4/h6-12H,5,13-16H2,1-4H3,(H,22,24). The van der Waals surface area contributed by atoms with E-state index in [9.17, 15) is 0 Å². The summed E-state index contributed by atoms with van der Waals surface area (Å²) in [5.41, 5.74) is 2.15. The number of nitrogens with one attached hydrogen (secondary N) is 1. The van der Waals surface area contributed by atoms with E-state index < -0.39 is 0 Å². The van der Waals surface area contributed by atoms with Crippen molar-refractivity contribution >= 4 is 5.96 Å². The van der Waals surface area contributed by atoms with Gasteiger partial charge in [-0.05, 0) is 30.7 Å². The summed E-state index contributed by atoms with van der Waals surface area (Å²) < 4.78 is 16.2. The molecule has 7 nitrogen and oxygen atoms in total. The number of ether oxygens (including phenoxy) is 3. The second kappa shape index (κ2) is 11.8. The molecule has 0 saturated carbocycles. The Labute approximate surface area is 167 Å². The van der Waals surface area contributed by atoms with Gasteiger partial charge in [0.25, 0.3) is 0 Å². The van der Waals surface area contributed by atoms with Crippen LogP contribution in [0.1, 0.15) is 18.1 Å². The summed E-state index contributed by atoms with van der Waals surface area (Å²) in [5.74, 6) is 2.28. The van der Waals surface area contributed by atoms with Crippen LogP contribution in [-0.2, 0) is 17.8 Å². The third-order valence-corrected chi connectivity index (χ3v) is 4.04. The smallest absolute Gasteiger partial charge is 0.218 e. The van der Waals surface area contributed by atoms with Gasteiger partial charge in [0, 0.05) is 46.1 Å². The zero-order valence-corrected chi connectivity index (χ0v) is 17.1. The molecule has 28 heavy (non-hydrogen) atoms. The number of hydrogen-bond donors (Lipinski definition) is 1. The molecule has 7 heteroatoms. The number of hydrogen-bond acceptors (Lipinski definition) is 5. The largest absolute Gasteiger partial charge is 0.494 e. The van der Waals surface area contributed by atoms with E-state index in [1.807, 2.05) is 38.2 Å². The molecule has 0 amide bonds. The molecule has 1 heterocycles.